The molecule has 0 spiro atoms. The van der Waals surface area contributed by atoms with Crippen molar-refractivity contribution in [3.05, 3.63) is 11.8 Å². The van der Waals surface area contributed by atoms with Gasteiger partial charge in [0.15, 0.2) is 5.12 Å². The van der Waals surface area contributed by atoms with E-state index < -0.39 is 0 Å². The maximum atomic E-state index is 11.8. The molecule has 1 unspecified atom stereocenters. The Morgan fingerprint density at radius 1 is 1.71 bits per heavy atom. The van der Waals surface area contributed by atoms with Crippen molar-refractivity contribution in [1.29, 1.82) is 0 Å². The highest BCUT2D eigenvalue weighted by Gasteiger charge is 2.32. The van der Waals surface area contributed by atoms with Crippen molar-refractivity contribution in [2.24, 2.45) is 5.92 Å². The minimum absolute atomic E-state index is 0.0373. The Morgan fingerprint density at radius 3 is 3.06 bits per heavy atom. The van der Waals surface area contributed by atoms with E-state index in [-0.39, 0.29) is 16.9 Å². The third-order valence-corrected chi connectivity index (χ3v) is 3.65. The van der Waals surface area contributed by atoms with Crippen LogP contribution >= 0.6 is 11.8 Å². The van der Waals surface area contributed by atoms with E-state index >= 15 is 0 Å². The Bertz CT molecular complexity index is 444. The van der Waals surface area contributed by atoms with Crippen LogP contribution in [0.2, 0.25) is 0 Å². The van der Waals surface area contributed by atoms with E-state index in [1.807, 2.05) is 6.92 Å². The zero-order valence-electron chi connectivity index (χ0n) is 9.80. The van der Waals surface area contributed by atoms with Gasteiger partial charge in [-0.15, -0.1) is 0 Å². The average Bonchev–Trinajstić information content (AvgIpc) is 2.82. The lowest BCUT2D eigenvalue weighted by atomic mass is 10.1. The zero-order valence-corrected chi connectivity index (χ0v) is 10.6. The van der Waals surface area contributed by atoms with E-state index in [0.29, 0.717) is 24.6 Å². The molecule has 0 aromatic carbocycles. The smallest absolute Gasteiger partial charge is 0.234 e. The van der Waals surface area contributed by atoms with Gasteiger partial charge in [-0.05, 0) is 12.8 Å². The summed E-state index contributed by atoms with van der Waals surface area (Å²) in [5, 5.41) is 3.86. The third-order valence-electron chi connectivity index (χ3n) is 2.61. The molecule has 0 aliphatic carbocycles. The molecular formula is C11H14N2O3S. The molecule has 1 aliphatic heterocycles. The van der Waals surface area contributed by atoms with Crippen molar-refractivity contribution in [3.8, 4) is 0 Å². The third kappa shape index (κ3) is 2.88. The van der Waals surface area contributed by atoms with Crippen LogP contribution in [0, 0.1) is 12.8 Å². The number of aromatic nitrogens is 1. The predicted molar refractivity (Wildman–Crippen MR) is 64.8 cm³/mol. The van der Waals surface area contributed by atoms with E-state index in [1.54, 1.807) is 17.9 Å². The number of anilines is 1. The summed E-state index contributed by atoms with van der Waals surface area (Å²) in [6.07, 6.45) is 0.472. The Labute approximate surface area is 104 Å². The van der Waals surface area contributed by atoms with Crippen LogP contribution in [-0.2, 0) is 9.59 Å². The van der Waals surface area contributed by atoms with Crippen LogP contribution in [0.5, 0.6) is 0 Å². The van der Waals surface area contributed by atoms with Crippen molar-refractivity contribution < 1.29 is 14.1 Å². The lowest BCUT2D eigenvalue weighted by Crippen LogP contribution is -2.24. The van der Waals surface area contributed by atoms with Gasteiger partial charge < -0.3 is 4.52 Å². The Hall–Kier alpha value is -1.30. The first-order valence-corrected chi connectivity index (χ1v) is 6.42. The van der Waals surface area contributed by atoms with Crippen LogP contribution in [0.4, 0.5) is 5.88 Å². The molecule has 5 nitrogen and oxygen atoms in total. The van der Waals surface area contributed by atoms with Gasteiger partial charge in [-0.1, -0.05) is 16.9 Å². The van der Waals surface area contributed by atoms with Crippen molar-refractivity contribution in [2.45, 2.75) is 20.3 Å². The van der Waals surface area contributed by atoms with Gasteiger partial charge in [0, 0.05) is 31.7 Å². The number of hydrogen-bond donors (Lipinski definition) is 0. The Morgan fingerprint density at radius 2 is 2.47 bits per heavy atom. The van der Waals surface area contributed by atoms with Crippen molar-refractivity contribution in [3.63, 3.8) is 0 Å². The Kier molecular flexibility index (Phi) is 3.51. The summed E-state index contributed by atoms with van der Waals surface area (Å²) in [5.74, 6) is 1.44. The number of carbonyl (C=O) groups is 2. The lowest BCUT2D eigenvalue weighted by Gasteiger charge is -2.11. The van der Waals surface area contributed by atoms with Gasteiger partial charge >= 0.3 is 0 Å². The number of carbonyl (C=O) groups excluding carboxylic acids is 2. The van der Waals surface area contributed by atoms with Gasteiger partial charge in [0.25, 0.3) is 0 Å². The molecule has 0 bridgehead atoms. The molecule has 1 saturated heterocycles. The number of nitrogens with zero attached hydrogens (tertiary/aromatic N) is 2. The molecule has 2 rings (SSSR count). The summed E-state index contributed by atoms with van der Waals surface area (Å²) < 4.78 is 5.07. The van der Waals surface area contributed by atoms with Crippen LogP contribution in [0.1, 0.15) is 19.0 Å². The lowest BCUT2D eigenvalue weighted by molar-refractivity contribution is -0.117. The first kappa shape index (κ1) is 12.2. The van der Waals surface area contributed by atoms with Crippen molar-refractivity contribution >= 4 is 28.7 Å². The minimum Gasteiger partial charge on any atom is -0.338 e. The van der Waals surface area contributed by atoms with E-state index in [2.05, 4.69) is 5.16 Å². The molecule has 1 fully saturated rings. The first-order valence-electron chi connectivity index (χ1n) is 5.43. The molecule has 0 radical (unpaired) electrons. The second kappa shape index (κ2) is 4.91. The summed E-state index contributed by atoms with van der Waals surface area (Å²) >= 11 is 1.27. The van der Waals surface area contributed by atoms with Crippen LogP contribution in [0.15, 0.2) is 10.6 Å². The van der Waals surface area contributed by atoms with Gasteiger partial charge in [-0.25, -0.2) is 0 Å². The molecule has 1 aromatic rings. The van der Waals surface area contributed by atoms with Crippen LogP contribution in [-0.4, -0.2) is 28.5 Å². The molecule has 92 valence electrons. The number of amides is 1. The van der Waals surface area contributed by atoms with Gasteiger partial charge in [0.1, 0.15) is 0 Å². The van der Waals surface area contributed by atoms with Gasteiger partial charge in [0.2, 0.25) is 11.8 Å². The molecule has 6 heteroatoms. The molecule has 1 aliphatic rings. The van der Waals surface area contributed by atoms with E-state index in [9.17, 15) is 9.59 Å². The standard InChI is InChI=1S/C11H14N2O3S/c1-7-3-11(16-12-7)13-5-9(4-10(13)15)6-17-8(2)14/h3,9H,4-6H2,1-2H3. The van der Waals surface area contributed by atoms with Crippen LogP contribution in [0.3, 0.4) is 0 Å². The largest absolute Gasteiger partial charge is 0.338 e. The molecule has 17 heavy (non-hydrogen) atoms. The molecule has 0 N–H and O–H groups in total. The summed E-state index contributed by atoms with van der Waals surface area (Å²) in [7, 11) is 0. The summed E-state index contributed by atoms with van der Waals surface area (Å²) in [6, 6.07) is 1.75. The molecule has 0 saturated carbocycles. The molecule has 1 amide bonds. The number of thioether (sulfide) groups is 1. The zero-order chi connectivity index (χ0) is 12.4. The summed E-state index contributed by atoms with van der Waals surface area (Å²) in [4.78, 5) is 24.3. The minimum atomic E-state index is 0.0373. The highest BCUT2D eigenvalue weighted by molar-refractivity contribution is 8.13. The first-order chi connectivity index (χ1) is 8.06. The van der Waals surface area contributed by atoms with E-state index in [4.69, 9.17) is 4.52 Å². The fourth-order valence-corrected chi connectivity index (χ4v) is 2.51. The number of rotatable bonds is 3. The van der Waals surface area contributed by atoms with Crippen LogP contribution in [0.25, 0.3) is 0 Å². The number of hydrogen-bond acceptors (Lipinski definition) is 5. The SMILES string of the molecule is CC(=O)SCC1CC(=O)N(c2cc(C)no2)C1. The van der Waals surface area contributed by atoms with Gasteiger partial charge in [-0.2, -0.15) is 0 Å². The molecule has 1 aromatic heterocycles. The maximum absolute atomic E-state index is 11.8. The molecular weight excluding hydrogens is 240 g/mol. The topological polar surface area (TPSA) is 63.4 Å². The molecule has 1 atom stereocenters. The van der Waals surface area contributed by atoms with Crippen molar-refractivity contribution in [1.82, 2.24) is 5.16 Å². The van der Waals surface area contributed by atoms with Crippen LogP contribution < -0.4 is 4.90 Å². The predicted octanol–water partition coefficient (Wildman–Crippen LogP) is 1.62. The fourth-order valence-electron chi connectivity index (χ4n) is 1.82. The monoisotopic (exact) mass is 254 g/mol. The second-order valence-electron chi connectivity index (χ2n) is 4.18. The summed E-state index contributed by atoms with van der Waals surface area (Å²) in [6.45, 7) is 3.96. The Balaban J connectivity index is 1.98. The maximum Gasteiger partial charge on any atom is 0.234 e. The van der Waals surface area contributed by atoms with Gasteiger partial charge in [-0.3, -0.25) is 14.5 Å². The molecule has 2 heterocycles. The summed E-state index contributed by atoms with van der Waals surface area (Å²) in [5.41, 5.74) is 0.759. The highest BCUT2D eigenvalue weighted by Crippen LogP contribution is 2.27. The fraction of sp³-hybridized carbons (Fsp3) is 0.545. The van der Waals surface area contributed by atoms with Crippen molar-refractivity contribution in [2.75, 3.05) is 17.2 Å². The average molecular weight is 254 g/mol. The second-order valence-corrected chi connectivity index (χ2v) is 5.38. The van der Waals surface area contributed by atoms with Gasteiger partial charge in [0.05, 0.1) is 5.69 Å². The number of aryl methyl sites for hydroxylation is 1. The highest BCUT2D eigenvalue weighted by atomic mass is 32.2. The van der Waals surface area contributed by atoms with E-state index in [0.717, 1.165) is 5.69 Å². The normalized spacial score (nSPS) is 20.0. The quantitative estimate of drug-likeness (QED) is 0.820. The van der Waals surface area contributed by atoms with E-state index in [1.165, 1.54) is 11.8 Å².